The smallest absolute Gasteiger partial charge is 0.345 e. The zero-order valence-electron chi connectivity index (χ0n) is 10.5. The van der Waals surface area contributed by atoms with Crippen LogP contribution in [0.5, 0.6) is 0 Å². The van der Waals surface area contributed by atoms with E-state index in [2.05, 4.69) is 4.98 Å². The monoisotopic (exact) mass is 335 g/mol. The van der Waals surface area contributed by atoms with Gasteiger partial charge in [0.05, 0.1) is 13.2 Å². The minimum Gasteiger partial charge on any atom is -0.345 e. The molecular weight excluding hydrogens is 327 g/mol. The lowest BCUT2D eigenvalue weighted by Gasteiger charge is -2.10. The second-order valence-electron chi connectivity index (χ2n) is 4.31. The zero-order valence-corrected chi connectivity index (χ0v) is 12.1. The number of hydrogen-bond acceptors (Lipinski definition) is 4. The molecule has 1 fully saturated rings. The van der Waals surface area contributed by atoms with E-state index in [9.17, 15) is 13.2 Å². The molecule has 1 aliphatic rings. The summed E-state index contributed by atoms with van der Waals surface area (Å²) in [7, 11) is 0. The van der Waals surface area contributed by atoms with E-state index in [0.717, 1.165) is 0 Å². The Morgan fingerprint density at radius 3 is 2.57 bits per heavy atom. The molecular formula is C13H9ClF3NO2S. The van der Waals surface area contributed by atoms with Crippen LogP contribution in [0.3, 0.4) is 0 Å². The van der Waals surface area contributed by atoms with Gasteiger partial charge >= 0.3 is 6.18 Å². The average Bonchev–Trinajstić information content (AvgIpc) is 3.07. The van der Waals surface area contributed by atoms with Gasteiger partial charge in [-0.25, -0.2) is 4.98 Å². The fraction of sp³-hybridized carbons (Fsp3) is 0.308. The van der Waals surface area contributed by atoms with Crippen LogP contribution >= 0.6 is 22.9 Å². The first-order valence-electron chi connectivity index (χ1n) is 6.02. The summed E-state index contributed by atoms with van der Waals surface area (Å²) in [5.41, 5.74) is 0.308. The van der Waals surface area contributed by atoms with E-state index in [-0.39, 0.29) is 23.9 Å². The van der Waals surface area contributed by atoms with Crippen molar-refractivity contribution in [2.24, 2.45) is 0 Å². The quantitative estimate of drug-likeness (QED) is 0.808. The summed E-state index contributed by atoms with van der Waals surface area (Å²) in [6.07, 6.45) is -5.56. The maximum atomic E-state index is 13.1. The number of nitrogens with zero attached hydrogens (tertiary/aromatic N) is 1. The Bertz CT molecular complexity index is 653. The molecule has 1 aromatic carbocycles. The summed E-state index contributed by atoms with van der Waals surface area (Å²) >= 11 is 6.42. The third-order valence-electron chi connectivity index (χ3n) is 2.83. The predicted octanol–water partition coefficient (Wildman–Crippen LogP) is 4.53. The summed E-state index contributed by atoms with van der Waals surface area (Å²) < 4.78 is 49.7. The third kappa shape index (κ3) is 3.06. The molecule has 0 aliphatic carbocycles. The van der Waals surface area contributed by atoms with Gasteiger partial charge in [0.2, 0.25) is 6.29 Å². The highest BCUT2D eigenvalue weighted by molar-refractivity contribution is 7.15. The average molecular weight is 336 g/mol. The van der Waals surface area contributed by atoms with E-state index < -0.39 is 17.3 Å². The van der Waals surface area contributed by atoms with Gasteiger partial charge in [-0.05, 0) is 12.1 Å². The molecule has 0 amide bonds. The van der Waals surface area contributed by atoms with Crippen LogP contribution in [-0.4, -0.2) is 18.2 Å². The van der Waals surface area contributed by atoms with Crippen LogP contribution in [0.15, 0.2) is 24.3 Å². The van der Waals surface area contributed by atoms with Crippen molar-refractivity contribution >= 4 is 22.9 Å². The van der Waals surface area contributed by atoms with Crippen molar-refractivity contribution < 1.29 is 22.6 Å². The molecule has 3 rings (SSSR count). The summed E-state index contributed by atoms with van der Waals surface area (Å²) in [6, 6.07) is 6.54. The second kappa shape index (κ2) is 5.57. The van der Waals surface area contributed by atoms with E-state index in [0.29, 0.717) is 21.9 Å². The first-order chi connectivity index (χ1) is 9.95. The predicted molar refractivity (Wildman–Crippen MR) is 72.2 cm³/mol. The standard InChI is InChI=1S/C13H9ClF3NO2S/c14-8-3-1-2-7(6-8)11-18-9(12-19-4-5-20-12)10(21-11)13(15,16)17/h1-3,6,12H,4-5H2. The Morgan fingerprint density at radius 1 is 1.24 bits per heavy atom. The first-order valence-corrected chi connectivity index (χ1v) is 7.21. The Hall–Kier alpha value is -1.15. The van der Waals surface area contributed by atoms with Crippen molar-refractivity contribution in [3.63, 3.8) is 0 Å². The molecule has 112 valence electrons. The third-order valence-corrected chi connectivity index (χ3v) is 4.23. The van der Waals surface area contributed by atoms with Crippen LogP contribution < -0.4 is 0 Å². The van der Waals surface area contributed by atoms with E-state index >= 15 is 0 Å². The molecule has 8 heteroatoms. The number of aromatic nitrogens is 1. The molecule has 0 radical (unpaired) electrons. The Labute approximate surface area is 127 Å². The molecule has 3 nitrogen and oxygen atoms in total. The van der Waals surface area contributed by atoms with Crippen molar-refractivity contribution in [2.45, 2.75) is 12.5 Å². The molecule has 1 aliphatic heterocycles. The van der Waals surface area contributed by atoms with Gasteiger partial charge in [0.1, 0.15) is 15.6 Å². The lowest BCUT2D eigenvalue weighted by atomic mass is 10.2. The summed E-state index contributed by atoms with van der Waals surface area (Å²) in [6.45, 7) is 0.512. The van der Waals surface area contributed by atoms with Gasteiger partial charge in [0.25, 0.3) is 0 Å². The number of ether oxygens (including phenoxy) is 2. The molecule has 2 aromatic rings. The molecule has 21 heavy (non-hydrogen) atoms. The summed E-state index contributed by atoms with van der Waals surface area (Å²) in [4.78, 5) is 3.26. The SMILES string of the molecule is FC(F)(F)c1sc(-c2cccc(Cl)c2)nc1C1OCCO1. The fourth-order valence-electron chi connectivity index (χ4n) is 1.96. The van der Waals surface area contributed by atoms with E-state index in [1.165, 1.54) is 0 Å². The van der Waals surface area contributed by atoms with Gasteiger partial charge in [-0.2, -0.15) is 13.2 Å². The molecule has 0 atom stereocenters. The minimum absolute atomic E-state index is 0.222. The lowest BCUT2D eigenvalue weighted by Crippen LogP contribution is -2.10. The normalized spacial score (nSPS) is 16.6. The van der Waals surface area contributed by atoms with Gasteiger partial charge in [-0.15, -0.1) is 11.3 Å². The van der Waals surface area contributed by atoms with Gasteiger partial charge in [0.15, 0.2) is 0 Å². The number of hydrogen-bond donors (Lipinski definition) is 0. The van der Waals surface area contributed by atoms with Crippen LogP contribution in [-0.2, 0) is 15.7 Å². The Kier molecular flexibility index (Phi) is 3.92. The number of halogens is 4. The van der Waals surface area contributed by atoms with E-state index in [4.69, 9.17) is 21.1 Å². The van der Waals surface area contributed by atoms with Crippen LogP contribution in [0, 0.1) is 0 Å². The molecule has 0 N–H and O–H groups in total. The largest absolute Gasteiger partial charge is 0.427 e. The number of alkyl halides is 3. The Balaban J connectivity index is 2.07. The highest BCUT2D eigenvalue weighted by atomic mass is 35.5. The molecule has 0 spiro atoms. The summed E-state index contributed by atoms with van der Waals surface area (Å²) in [5.74, 6) is 0. The van der Waals surface area contributed by atoms with Gasteiger partial charge in [0, 0.05) is 10.6 Å². The van der Waals surface area contributed by atoms with E-state index in [1.807, 2.05) is 0 Å². The molecule has 0 saturated carbocycles. The van der Waals surface area contributed by atoms with Crippen LogP contribution in [0.2, 0.25) is 5.02 Å². The molecule has 2 heterocycles. The fourth-order valence-corrected chi connectivity index (χ4v) is 3.09. The lowest BCUT2D eigenvalue weighted by molar-refractivity contribution is -0.139. The summed E-state index contributed by atoms with van der Waals surface area (Å²) in [5, 5.41) is 0.671. The Morgan fingerprint density at radius 2 is 1.95 bits per heavy atom. The first kappa shape index (κ1) is 14.8. The molecule has 1 saturated heterocycles. The number of thiazole rings is 1. The minimum atomic E-state index is -4.50. The van der Waals surface area contributed by atoms with Gasteiger partial charge in [-0.1, -0.05) is 23.7 Å². The van der Waals surface area contributed by atoms with Crippen molar-refractivity contribution in [1.82, 2.24) is 4.98 Å². The molecule has 0 bridgehead atoms. The molecule has 0 unspecified atom stereocenters. The highest BCUT2D eigenvalue weighted by Crippen LogP contribution is 2.43. The van der Waals surface area contributed by atoms with Crippen LogP contribution in [0.1, 0.15) is 16.9 Å². The van der Waals surface area contributed by atoms with Crippen LogP contribution in [0.4, 0.5) is 13.2 Å². The highest BCUT2D eigenvalue weighted by Gasteiger charge is 2.41. The number of rotatable bonds is 2. The number of benzene rings is 1. The van der Waals surface area contributed by atoms with Crippen molar-refractivity contribution in [3.8, 4) is 10.6 Å². The topological polar surface area (TPSA) is 31.4 Å². The zero-order chi connectivity index (χ0) is 15.0. The van der Waals surface area contributed by atoms with Gasteiger partial charge in [-0.3, -0.25) is 0 Å². The second-order valence-corrected chi connectivity index (χ2v) is 5.75. The van der Waals surface area contributed by atoms with E-state index in [1.54, 1.807) is 24.3 Å². The van der Waals surface area contributed by atoms with Gasteiger partial charge < -0.3 is 9.47 Å². The maximum absolute atomic E-state index is 13.1. The van der Waals surface area contributed by atoms with Crippen molar-refractivity contribution in [3.05, 3.63) is 39.9 Å². The van der Waals surface area contributed by atoms with Crippen LogP contribution in [0.25, 0.3) is 10.6 Å². The van der Waals surface area contributed by atoms with Crippen molar-refractivity contribution in [1.29, 1.82) is 0 Å². The molecule has 1 aromatic heterocycles. The van der Waals surface area contributed by atoms with Crippen molar-refractivity contribution in [2.75, 3.05) is 13.2 Å². The maximum Gasteiger partial charge on any atom is 0.427 e.